The fourth-order valence-electron chi connectivity index (χ4n) is 4.52. The molecule has 0 aliphatic carbocycles. The van der Waals surface area contributed by atoms with Crippen LogP contribution in [-0.4, -0.2) is 33.8 Å². The molecule has 1 N–H and O–H groups in total. The number of pyridine rings is 1. The van der Waals surface area contributed by atoms with E-state index in [0.717, 1.165) is 34.3 Å². The van der Waals surface area contributed by atoms with Gasteiger partial charge in [0.25, 0.3) is 0 Å². The molecule has 1 amide bonds. The Kier molecular flexibility index (Phi) is 6.68. The normalized spacial score (nSPS) is 12.7. The number of benzene rings is 1. The minimum absolute atomic E-state index is 0.00699. The molecule has 166 valence electrons. The van der Waals surface area contributed by atoms with E-state index in [1.165, 1.54) is 5.56 Å². The number of rotatable bonds is 8. The standard InChI is InChI=1S/C25H34N4O2/c1-16(15-25(4,5)19-11-9-8-10-12-19)26-21(30)14-13-20-17(2)22-23(27-18(20)3)29(6)28-24(22)31-7/h8-12,16H,13-15H2,1-7H3,(H,26,30). The number of carbonyl (C=O) groups is 1. The quantitative estimate of drug-likeness (QED) is 0.584. The number of fused-ring (bicyclic) bond motifs is 1. The van der Waals surface area contributed by atoms with Crippen LogP contribution in [0.4, 0.5) is 0 Å². The van der Waals surface area contributed by atoms with E-state index >= 15 is 0 Å². The molecule has 6 nitrogen and oxygen atoms in total. The van der Waals surface area contributed by atoms with Crippen molar-refractivity contribution in [2.24, 2.45) is 7.05 Å². The molecule has 31 heavy (non-hydrogen) atoms. The van der Waals surface area contributed by atoms with Gasteiger partial charge in [0.1, 0.15) is 0 Å². The first-order valence-corrected chi connectivity index (χ1v) is 10.9. The highest BCUT2D eigenvalue weighted by molar-refractivity contribution is 5.86. The van der Waals surface area contributed by atoms with Crippen molar-refractivity contribution in [1.29, 1.82) is 0 Å². The van der Waals surface area contributed by atoms with Gasteiger partial charge in [-0.15, -0.1) is 5.10 Å². The number of aryl methyl sites for hydroxylation is 3. The molecule has 0 bridgehead atoms. The van der Waals surface area contributed by atoms with Crippen LogP contribution in [-0.2, 0) is 23.7 Å². The van der Waals surface area contributed by atoms with Gasteiger partial charge in [0.15, 0.2) is 5.65 Å². The van der Waals surface area contributed by atoms with Crippen LogP contribution in [0.1, 0.15) is 56.0 Å². The summed E-state index contributed by atoms with van der Waals surface area (Å²) in [7, 11) is 3.48. The Hall–Kier alpha value is -2.89. The summed E-state index contributed by atoms with van der Waals surface area (Å²) in [6, 6.07) is 10.5. The van der Waals surface area contributed by atoms with Crippen molar-refractivity contribution in [2.45, 2.75) is 65.3 Å². The van der Waals surface area contributed by atoms with E-state index in [9.17, 15) is 4.79 Å². The third-order valence-corrected chi connectivity index (χ3v) is 6.10. The van der Waals surface area contributed by atoms with Crippen molar-refractivity contribution < 1.29 is 9.53 Å². The molecule has 0 spiro atoms. The molecule has 0 aliphatic heterocycles. The highest BCUT2D eigenvalue weighted by atomic mass is 16.5. The van der Waals surface area contributed by atoms with Gasteiger partial charge in [0.2, 0.25) is 11.8 Å². The summed E-state index contributed by atoms with van der Waals surface area (Å²) in [4.78, 5) is 17.4. The Morgan fingerprint density at radius 2 is 1.90 bits per heavy atom. The lowest BCUT2D eigenvalue weighted by Gasteiger charge is -2.29. The van der Waals surface area contributed by atoms with Crippen LogP contribution in [0, 0.1) is 13.8 Å². The molecule has 0 radical (unpaired) electrons. The lowest BCUT2D eigenvalue weighted by molar-refractivity contribution is -0.121. The fraction of sp³-hybridized carbons (Fsp3) is 0.480. The predicted molar refractivity (Wildman–Crippen MR) is 125 cm³/mol. The molecule has 0 fully saturated rings. The molecular formula is C25H34N4O2. The van der Waals surface area contributed by atoms with Gasteiger partial charge in [0, 0.05) is 25.2 Å². The van der Waals surface area contributed by atoms with Crippen LogP contribution in [0.5, 0.6) is 5.88 Å². The van der Waals surface area contributed by atoms with Crippen molar-refractivity contribution in [3.63, 3.8) is 0 Å². The number of ether oxygens (including phenoxy) is 1. The molecule has 2 heterocycles. The van der Waals surface area contributed by atoms with Crippen molar-refractivity contribution in [3.8, 4) is 5.88 Å². The van der Waals surface area contributed by atoms with E-state index in [1.807, 2.05) is 20.0 Å². The Balaban J connectivity index is 1.66. The first kappa shape index (κ1) is 22.8. The summed E-state index contributed by atoms with van der Waals surface area (Å²) >= 11 is 0. The molecule has 2 aromatic heterocycles. The van der Waals surface area contributed by atoms with Crippen molar-refractivity contribution in [3.05, 3.63) is 52.7 Å². The van der Waals surface area contributed by atoms with Crippen LogP contribution < -0.4 is 10.1 Å². The summed E-state index contributed by atoms with van der Waals surface area (Å²) in [6.45, 7) is 10.6. The average molecular weight is 423 g/mol. The minimum Gasteiger partial charge on any atom is -0.479 e. The van der Waals surface area contributed by atoms with E-state index in [-0.39, 0.29) is 17.4 Å². The smallest absolute Gasteiger partial charge is 0.242 e. The SMILES string of the molecule is COc1nn(C)c2nc(C)c(CCC(=O)NC(C)CC(C)(C)c3ccccc3)c(C)c12. The van der Waals surface area contributed by atoms with Crippen LogP contribution in [0.25, 0.3) is 11.0 Å². The van der Waals surface area contributed by atoms with E-state index in [0.29, 0.717) is 18.7 Å². The second-order valence-corrected chi connectivity index (χ2v) is 9.05. The molecule has 1 unspecified atom stereocenters. The van der Waals surface area contributed by atoms with Crippen molar-refractivity contribution in [1.82, 2.24) is 20.1 Å². The number of hydrogen-bond donors (Lipinski definition) is 1. The number of amides is 1. The van der Waals surface area contributed by atoms with Crippen LogP contribution in [0.3, 0.4) is 0 Å². The number of aromatic nitrogens is 3. The molecule has 0 saturated carbocycles. The van der Waals surface area contributed by atoms with Gasteiger partial charge in [0.05, 0.1) is 12.5 Å². The van der Waals surface area contributed by atoms with E-state index in [2.05, 4.69) is 62.4 Å². The van der Waals surface area contributed by atoms with Gasteiger partial charge in [-0.05, 0) is 55.7 Å². The average Bonchev–Trinajstić information content (AvgIpc) is 3.03. The molecule has 3 rings (SSSR count). The zero-order valence-electron chi connectivity index (χ0n) is 19.7. The lowest BCUT2D eigenvalue weighted by Crippen LogP contribution is -2.37. The van der Waals surface area contributed by atoms with Crippen LogP contribution in [0.15, 0.2) is 30.3 Å². The fourth-order valence-corrected chi connectivity index (χ4v) is 4.52. The molecule has 6 heteroatoms. The highest BCUT2D eigenvalue weighted by Crippen LogP contribution is 2.31. The van der Waals surface area contributed by atoms with Gasteiger partial charge < -0.3 is 10.1 Å². The zero-order chi connectivity index (χ0) is 22.8. The maximum atomic E-state index is 12.7. The summed E-state index contributed by atoms with van der Waals surface area (Å²) in [5.74, 6) is 0.637. The molecule has 1 atom stereocenters. The number of methoxy groups -OCH3 is 1. The van der Waals surface area contributed by atoms with Gasteiger partial charge >= 0.3 is 0 Å². The summed E-state index contributed by atoms with van der Waals surface area (Å²) in [5.41, 5.74) is 5.18. The maximum Gasteiger partial charge on any atom is 0.242 e. The summed E-state index contributed by atoms with van der Waals surface area (Å²) < 4.78 is 7.17. The Morgan fingerprint density at radius 3 is 2.55 bits per heavy atom. The number of nitrogens with zero attached hydrogens (tertiary/aromatic N) is 3. The van der Waals surface area contributed by atoms with Crippen LogP contribution >= 0.6 is 0 Å². The molecule has 0 aliphatic rings. The summed E-state index contributed by atoms with van der Waals surface area (Å²) in [5, 5.41) is 8.50. The number of nitrogens with one attached hydrogen (secondary N) is 1. The Labute approximate surface area is 185 Å². The third-order valence-electron chi connectivity index (χ3n) is 6.10. The van der Waals surface area contributed by atoms with Crippen molar-refractivity contribution in [2.75, 3.05) is 7.11 Å². The largest absolute Gasteiger partial charge is 0.479 e. The summed E-state index contributed by atoms with van der Waals surface area (Å²) in [6.07, 6.45) is 1.94. The lowest BCUT2D eigenvalue weighted by atomic mass is 9.79. The van der Waals surface area contributed by atoms with E-state index < -0.39 is 0 Å². The van der Waals surface area contributed by atoms with Gasteiger partial charge in [-0.3, -0.25) is 4.79 Å². The second-order valence-electron chi connectivity index (χ2n) is 9.05. The topological polar surface area (TPSA) is 69.0 Å². The highest BCUT2D eigenvalue weighted by Gasteiger charge is 2.24. The Bertz CT molecular complexity index is 1070. The predicted octanol–water partition coefficient (Wildman–Crippen LogP) is 4.40. The third kappa shape index (κ3) is 4.89. The Morgan fingerprint density at radius 1 is 1.23 bits per heavy atom. The van der Waals surface area contributed by atoms with Gasteiger partial charge in [-0.2, -0.15) is 0 Å². The molecule has 1 aromatic carbocycles. The second kappa shape index (κ2) is 9.08. The zero-order valence-corrected chi connectivity index (χ0v) is 19.7. The van der Waals surface area contributed by atoms with E-state index in [4.69, 9.17) is 9.72 Å². The minimum atomic E-state index is -0.00699. The van der Waals surface area contributed by atoms with E-state index in [1.54, 1.807) is 11.8 Å². The van der Waals surface area contributed by atoms with Crippen LogP contribution in [0.2, 0.25) is 0 Å². The maximum absolute atomic E-state index is 12.7. The molecule has 0 saturated heterocycles. The number of carbonyl (C=O) groups excluding carboxylic acids is 1. The first-order valence-electron chi connectivity index (χ1n) is 10.9. The molecule has 3 aromatic rings. The molecular weight excluding hydrogens is 388 g/mol. The first-order chi connectivity index (χ1) is 14.6. The number of hydrogen-bond acceptors (Lipinski definition) is 4. The van der Waals surface area contributed by atoms with Gasteiger partial charge in [-0.1, -0.05) is 44.2 Å². The van der Waals surface area contributed by atoms with Crippen molar-refractivity contribution >= 4 is 16.9 Å². The monoisotopic (exact) mass is 422 g/mol. The van der Waals surface area contributed by atoms with Gasteiger partial charge in [-0.25, -0.2) is 9.67 Å².